The summed E-state index contributed by atoms with van der Waals surface area (Å²) in [6.45, 7) is 9.97. The Labute approximate surface area is 132 Å². The predicted molar refractivity (Wildman–Crippen MR) is 91.9 cm³/mol. The summed E-state index contributed by atoms with van der Waals surface area (Å²) < 4.78 is 0. The first-order chi connectivity index (χ1) is 10.1. The average molecular weight is 302 g/mol. The topological polar surface area (TPSA) is 24.9 Å². The van der Waals surface area contributed by atoms with Gasteiger partial charge in [-0.3, -0.25) is 0 Å². The second kappa shape index (κ2) is 7.71. The van der Waals surface area contributed by atoms with Gasteiger partial charge in [0.05, 0.1) is 6.04 Å². The van der Waals surface area contributed by atoms with Gasteiger partial charge >= 0.3 is 0 Å². The lowest BCUT2D eigenvalue weighted by atomic mass is 9.88. The van der Waals surface area contributed by atoms with E-state index in [2.05, 4.69) is 68.3 Å². The zero-order valence-electron chi connectivity index (χ0n) is 13.5. The number of nitrogens with zero attached hydrogens (tertiary/aromatic N) is 1. The molecule has 0 aliphatic carbocycles. The molecule has 0 fully saturated rings. The Balaban J connectivity index is 1.98. The number of aryl methyl sites for hydroxylation is 1. The van der Waals surface area contributed by atoms with Crippen molar-refractivity contribution in [3.05, 3.63) is 52.0 Å². The molecule has 2 rings (SSSR count). The maximum Gasteiger partial charge on any atom is 0.109 e. The molecule has 21 heavy (non-hydrogen) atoms. The second-order valence-corrected chi connectivity index (χ2v) is 7.06. The summed E-state index contributed by atoms with van der Waals surface area (Å²) in [7, 11) is 0. The molecule has 1 aromatic heterocycles. The Bertz CT molecular complexity index is 533. The standard InChI is InChI=1S/C18H26N2S/c1-5-16-11-20-18(21-16)14(4)19-12-17(13(2)3)15-9-7-6-8-10-15/h6-11,13-14,17,19H,5,12H2,1-4H3. The molecule has 2 nitrogen and oxygen atoms in total. The summed E-state index contributed by atoms with van der Waals surface area (Å²) in [4.78, 5) is 5.90. The third kappa shape index (κ3) is 4.39. The Kier molecular flexibility index (Phi) is 5.95. The molecule has 0 aliphatic rings. The highest BCUT2D eigenvalue weighted by Crippen LogP contribution is 2.25. The van der Waals surface area contributed by atoms with Crippen molar-refractivity contribution < 1.29 is 0 Å². The summed E-state index contributed by atoms with van der Waals surface area (Å²) in [5.41, 5.74) is 1.42. The van der Waals surface area contributed by atoms with Gasteiger partial charge in [0.15, 0.2) is 0 Å². The molecular weight excluding hydrogens is 276 g/mol. The van der Waals surface area contributed by atoms with Gasteiger partial charge in [0.1, 0.15) is 5.01 Å². The van der Waals surface area contributed by atoms with Crippen LogP contribution in [0.4, 0.5) is 0 Å². The molecule has 0 aliphatic heterocycles. The van der Waals surface area contributed by atoms with Crippen molar-refractivity contribution in [1.82, 2.24) is 10.3 Å². The van der Waals surface area contributed by atoms with Gasteiger partial charge in [0.25, 0.3) is 0 Å². The van der Waals surface area contributed by atoms with Crippen LogP contribution in [0.5, 0.6) is 0 Å². The summed E-state index contributed by atoms with van der Waals surface area (Å²) in [6.07, 6.45) is 3.08. The highest BCUT2D eigenvalue weighted by molar-refractivity contribution is 7.11. The van der Waals surface area contributed by atoms with Crippen LogP contribution in [0, 0.1) is 5.92 Å². The first kappa shape index (κ1) is 16.2. The molecule has 2 unspecified atom stereocenters. The third-order valence-electron chi connectivity index (χ3n) is 3.97. The number of nitrogens with one attached hydrogen (secondary N) is 1. The molecule has 1 heterocycles. The summed E-state index contributed by atoms with van der Waals surface area (Å²) >= 11 is 1.82. The monoisotopic (exact) mass is 302 g/mol. The largest absolute Gasteiger partial charge is 0.308 e. The molecule has 1 N–H and O–H groups in total. The predicted octanol–water partition coefficient (Wildman–Crippen LogP) is 4.80. The molecule has 2 atom stereocenters. The molecule has 2 aromatic rings. The minimum atomic E-state index is 0.320. The van der Waals surface area contributed by atoms with Gasteiger partial charge < -0.3 is 5.32 Å². The summed E-state index contributed by atoms with van der Waals surface area (Å²) in [6, 6.07) is 11.1. The molecule has 0 bridgehead atoms. The molecule has 0 spiro atoms. The Hall–Kier alpha value is -1.19. The minimum Gasteiger partial charge on any atom is -0.308 e. The smallest absolute Gasteiger partial charge is 0.109 e. The van der Waals surface area contributed by atoms with Gasteiger partial charge in [-0.15, -0.1) is 11.3 Å². The van der Waals surface area contributed by atoms with E-state index in [1.807, 2.05) is 17.5 Å². The average Bonchev–Trinajstić information content (AvgIpc) is 2.97. The van der Waals surface area contributed by atoms with Crippen LogP contribution in [0.15, 0.2) is 36.5 Å². The van der Waals surface area contributed by atoms with Gasteiger partial charge in [-0.1, -0.05) is 51.1 Å². The second-order valence-electron chi connectivity index (χ2n) is 5.91. The van der Waals surface area contributed by atoms with E-state index in [1.54, 1.807) is 0 Å². The molecule has 114 valence electrons. The van der Waals surface area contributed by atoms with Crippen molar-refractivity contribution in [3.8, 4) is 0 Å². The lowest BCUT2D eigenvalue weighted by Gasteiger charge is -2.23. The van der Waals surface area contributed by atoms with Gasteiger partial charge in [0, 0.05) is 17.6 Å². The molecular formula is C18H26N2S. The Morgan fingerprint density at radius 1 is 1.14 bits per heavy atom. The van der Waals surface area contributed by atoms with Crippen molar-refractivity contribution in [2.45, 2.75) is 46.1 Å². The van der Waals surface area contributed by atoms with Crippen LogP contribution in [-0.4, -0.2) is 11.5 Å². The van der Waals surface area contributed by atoms with Gasteiger partial charge in [-0.2, -0.15) is 0 Å². The zero-order chi connectivity index (χ0) is 15.2. The molecule has 0 amide bonds. The van der Waals surface area contributed by atoms with E-state index in [-0.39, 0.29) is 0 Å². The summed E-state index contributed by atoms with van der Waals surface area (Å²) in [5.74, 6) is 1.16. The third-order valence-corrected chi connectivity index (χ3v) is 5.29. The fraction of sp³-hybridized carbons (Fsp3) is 0.500. The summed E-state index contributed by atoms with van der Waals surface area (Å²) in [5, 5.41) is 4.86. The van der Waals surface area contributed by atoms with E-state index < -0.39 is 0 Å². The number of hydrogen-bond donors (Lipinski definition) is 1. The van der Waals surface area contributed by atoms with Crippen LogP contribution in [0.2, 0.25) is 0 Å². The highest BCUT2D eigenvalue weighted by Gasteiger charge is 2.17. The number of benzene rings is 1. The number of rotatable bonds is 7. The lowest BCUT2D eigenvalue weighted by molar-refractivity contribution is 0.436. The maximum atomic E-state index is 4.54. The van der Waals surface area contributed by atoms with Crippen molar-refractivity contribution in [2.75, 3.05) is 6.54 Å². The minimum absolute atomic E-state index is 0.320. The van der Waals surface area contributed by atoms with Crippen LogP contribution in [0.1, 0.15) is 55.1 Å². The Morgan fingerprint density at radius 3 is 2.43 bits per heavy atom. The molecule has 1 aromatic carbocycles. The first-order valence-corrected chi connectivity index (χ1v) is 8.66. The number of thiazole rings is 1. The van der Waals surface area contributed by atoms with E-state index in [0.717, 1.165) is 13.0 Å². The number of hydrogen-bond acceptors (Lipinski definition) is 3. The van der Waals surface area contributed by atoms with E-state index >= 15 is 0 Å². The van der Waals surface area contributed by atoms with Crippen LogP contribution < -0.4 is 5.32 Å². The van der Waals surface area contributed by atoms with E-state index in [1.165, 1.54) is 15.4 Å². The van der Waals surface area contributed by atoms with Crippen molar-refractivity contribution in [3.63, 3.8) is 0 Å². The van der Waals surface area contributed by atoms with Crippen molar-refractivity contribution in [1.29, 1.82) is 0 Å². The molecule has 0 saturated heterocycles. The van der Waals surface area contributed by atoms with Gasteiger partial charge in [-0.25, -0.2) is 4.98 Å². The molecule has 3 heteroatoms. The SMILES string of the molecule is CCc1cnc(C(C)NCC(c2ccccc2)C(C)C)s1. The van der Waals surface area contributed by atoms with E-state index in [0.29, 0.717) is 17.9 Å². The zero-order valence-corrected chi connectivity index (χ0v) is 14.3. The van der Waals surface area contributed by atoms with Crippen molar-refractivity contribution >= 4 is 11.3 Å². The maximum absolute atomic E-state index is 4.54. The van der Waals surface area contributed by atoms with Crippen LogP contribution in [0.25, 0.3) is 0 Å². The normalized spacial score (nSPS) is 14.3. The highest BCUT2D eigenvalue weighted by atomic mass is 32.1. The van der Waals surface area contributed by atoms with Gasteiger partial charge in [-0.05, 0) is 30.7 Å². The van der Waals surface area contributed by atoms with Crippen molar-refractivity contribution in [2.24, 2.45) is 5.92 Å². The lowest BCUT2D eigenvalue weighted by Crippen LogP contribution is -2.27. The van der Waals surface area contributed by atoms with E-state index in [4.69, 9.17) is 0 Å². The quantitative estimate of drug-likeness (QED) is 0.795. The number of aromatic nitrogens is 1. The van der Waals surface area contributed by atoms with Crippen LogP contribution in [0.3, 0.4) is 0 Å². The first-order valence-electron chi connectivity index (χ1n) is 7.84. The molecule has 0 saturated carbocycles. The van der Waals surface area contributed by atoms with E-state index in [9.17, 15) is 0 Å². The Morgan fingerprint density at radius 2 is 1.86 bits per heavy atom. The fourth-order valence-corrected chi connectivity index (χ4v) is 3.40. The van der Waals surface area contributed by atoms with Crippen LogP contribution >= 0.6 is 11.3 Å². The fourth-order valence-electron chi connectivity index (χ4n) is 2.52. The van der Waals surface area contributed by atoms with Crippen LogP contribution in [-0.2, 0) is 6.42 Å². The molecule has 0 radical (unpaired) electrons. The van der Waals surface area contributed by atoms with Gasteiger partial charge in [0.2, 0.25) is 0 Å².